The lowest BCUT2D eigenvalue weighted by Crippen LogP contribution is -2.33. The molecule has 3 rings (SSSR count). The molecule has 0 atom stereocenters. The Hall–Kier alpha value is -2.48. The summed E-state index contributed by atoms with van der Waals surface area (Å²) < 4.78 is 53.6. The van der Waals surface area contributed by atoms with E-state index in [9.17, 15) is 22.0 Å². The van der Waals surface area contributed by atoms with Gasteiger partial charge in [-0.1, -0.05) is 25.0 Å². The number of benzene rings is 2. The van der Waals surface area contributed by atoms with Crippen molar-refractivity contribution >= 4 is 21.6 Å². The molecule has 0 aliphatic heterocycles. The van der Waals surface area contributed by atoms with Crippen LogP contribution in [0.1, 0.15) is 36.0 Å². The predicted octanol–water partition coefficient (Wildman–Crippen LogP) is 3.44. The fourth-order valence-corrected chi connectivity index (χ4v) is 4.04. The van der Waals surface area contributed by atoms with Crippen LogP contribution in [0.15, 0.2) is 47.4 Å². The second kappa shape index (κ2) is 7.41. The number of amides is 1. The first-order chi connectivity index (χ1) is 12.4. The topological polar surface area (TPSA) is 75.3 Å². The molecule has 26 heavy (non-hydrogen) atoms. The molecule has 0 unspecified atom stereocenters. The second-order valence-electron chi connectivity index (χ2n) is 6.18. The summed E-state index contributed by atoms with van der Waals surface area (Å²) in [4.78, 5) is 12.1. The predicted molar refractivity (Wildman–Crippen MR) is 93.3 cm³/mol. The first kappa shape index (κ1) is 18.3. The van der Waals surface area contributed by atoms with Crippen molar-refractivity contribution < 1.29 is 22.0 Å². The van der Waals surface area contributed by atoms with Gasteiger partial charge in [0.1, 0.15) is 0 Å². The Morgan fingerprint density at radius 1 is 1.00 bits per heavy atom. The summed E-state index contributed by atoms with van der Waals surface area (Å²) in [6.45, 7) is 0. The molecular weight excluding hydrogens is 362 g/mol. The van der Waals surface area contributed by atoms with Crippen LogP contribution in [-0.4, -0.2) is 20.4 Å². The van der Waals surface area contributed by atoms with E-state index in [1.54, 1.807) is 12.1 Å². The van der Waals surface area contributed by atoms with Gasteiger partial charge >= 0.3 is 0 Å². The van der Waals surface area contributed by atoms with Gasteiger partial charge in [-0.3, -0.25) is 9.52 Å². The molecular formula is C18H18F2N2O3S. The molecule has 2 aromatic rings. The number of halogens is 2. The monoisotopic (exact) mass is 380 g/mol. The molecule has 1 amide bonds. The van der Waals surface area contributed by atoms with Crippen LogP contribution in [0.3, 0.4) is 0 Å². The molecule has 0 heterocycles. The van der Waals surface area contributed by atoms with E-state index in [2.05, 4.69) is 10.0 Å². The standard InChI is InChI=1S/C18H18F2N2O3S/c19-15-10-9-13(11-16(15)20)26(24,25)22-17-8-4-3-7-14(17)18(23)21-12-5-1-2-6-12/h3-4,7-12,22H,1-2,5-6H2,(H,21,23). The summed E-state index contributed by atoms with van der Waals surface area (Å²) in [6, 6.07) is 8.53. The van der Waals surface area contributed by atoms with Crippen LogP contribution < -0.4 is 10.0 Å². The summed E-state index contributed by atoms with van der Waals surface area (Å²) >= 11 is 0. The lowest BCUT2D eigenvalue weighted by molar-refractivity contribution is 0.0939. The van der Waals surface area contributed by atoms with Gasteiger partial charge in [0.15, 0.2) is 11.6 Å². The molecule has 0 radical (unpaired) electrons. The largest absolute Gasteiger partial charge is 0.349 e. The van der Waals surface area contributed by atoms with Gasteiger partial charge in [-0.15, -0.1) is 0 Å². The Bertz CT molecular complexity index is 926. The third-order valence-corrected chi connectivity index (χ3v) is 5.67. The quantitative estimate of drug-likeness (QED) is 0.834. The maximum absolute atomic E-state index is 13.4. The Labute approximate surface area is 150 Å². The second-order valence-corrected chi connectivity index (χ2v) is 7.86. The van der Waals surface area contributed by atoms with Crippen molar-refractivity contribution in [3.8, 4) is 0 Å². The minimum absolute atomic E-state index is 0.0766. The number of carbonyl (C=O) groups excluding carboxylic acids is 1. The molecule has 2 N–H and O–H groups in total. The molecule has 1 saturated carbocycles. The highest BCUT2D eigenvalue weighted by Gasteiger charge is 2.22. The van der Waals surface area contributed by atoms with Gasteiger partial charge in [0.05, 0.1) is 16.1 Å². The number of sulfonamides is 1. The molecule has 0 aromatic heterocycles. The zero-order chi connectivity index (χ0) is 18.7. The average Bonchev–Trinajstić information content (AvgIpc) is 3.10. The van der Waals surface area contributed by atoms with Crippen molar-refractivity contribution in [2.75, 3.05) is 4.72 Å². The summed E-state index contributed by atoms with van der Waals surface area (Å²) in [5.41, 5.74) is 0.248. The van der Waals surface area contributed by atoms with E-state index in [-0.39, 0.29) is 23.2 Å². The van der Waals surface area contributed by atoms with E-state index < -0.39 is 26.6 Å². The number of anilines is 1. The molecule has 2 aromatic carbocycles. The van der Waals surface area contributed by atoms with Gasteiger partial charge in [-0.2, -0.15) is 0 Å². The van der Waals surface area contributed by atoms with Gasteiger partial charge in [-0.25, -0.2) is 17.2 Å². The van der Waals surface area contributed by atoms with E-state index in [0.717, 1.165) is 37.8 Å². The van der Waals surface area contributed by atoms with E-state index in [0.29, 0.717) is 6.07 Å². The lowest BCUT2D eigenvalue weighted by Gasteiger charge is -2.15. The fourth-order valence-electron chi connectivity index (χ4n) is 2.95. The highest BCUT2D eigenvalue weighted by atomic mass is 32.2. The number of para-hydroxylation sites is 1. The third-order valence-electron chi connectivity index (χ3n) is 4.31. The zero-order valence-electron chi connectivity index (χ0n) is 13.8. The number of hydrogen-bond acceptors (Lipinski definition) is 3. The Morgan fingerprint density at radius 3 is 2.38 bits per heavy atom. The SMILES string of the molecule is O=C(NC1CCCC1)c1ccccc1NS(=O)(=O)c1ccc(F)c(F)c1. The maximum atomic E-state index is 13.4. The fraction of sp³-hybridized carbons (Fsp3) is 0.278. The average molecular weight is 380 g/mol. The summed E-state index contributed by atoms with van der Waals surface area (Å²) in [7, 11) is -4.17. The number of rotatable bonds is 5. The molecule has 1 aliphatic rings. The van der Waals surface area contributed by atoms with Gasteiger partial charge in [0, 0.05) is 6.04 Å². The van der Waals surface area contributed by atoms with Crippen LogP contribution >= 0.6 is 0 Å². The van der Waals surface area contributed by atoms with E-state index in [1.807, 2.05) is 0 Å². The van der Waals surface area contributed by atoms with Crippen LogP contribution in [0.2, 0.25) is 0 Å². The third kappa shape index (κ3) is 4.01. The van der Waals surface area contributed by atoms with E-state index in [4.69, 9.17) is 0 Å². The smallest absolute Gasteiger partial charge is 0.262 e. The normalized spacial score (nSPS) is 15.0. The van der Waals surface area contributed by atoms with Crippen LogP contribution in [0, 0.1) is 11.6 Å². The molecule has 0 saturated heterocycles. The van der Waals surface area contributed by atoms with Crippen molar-refractivity contribution in [1.29, 1.82) is 0 Å². The molecule has 0 bridgehead atoms. The maximum Gasteiger partial charge on any atom is 0.262 e. The van der Waals surface area contributed by atoms with Gasteiger partial charge in [-0.05, 0) is 43.2 Å². The summed E-state index contributed by atoms with van der Waals surface area (Å²) in [5.74, 6) is -2.78. The Morgan fingerprint density at radius 2 is 1.69 bits per heavy atom. The van der Waals surface area contributed by atoms with Crippen molar-refractivity contribution in [3.63, 3.8) is 0 Å². The molecule has 5 nitrogen and oxygen atoms in total. The van der Waals surface area contributed by atoms with Crippen molar-refractivity contribution in [2.24, 2.45) is 0 Å². The Balaban J connectivity index is 1.85. The van der Waals surface area contributed by atoms with E-state index >= 15 is 0 Å². The molecule has 1 aliphatic carbocycles. The molecule has 8 heteroatoms. The minimum Gasteiger partial charge on any atom is -0.349 e. The molecule has 138 valence electrons. The van der Waals surface area contributed by atoms with Gasteiger partial charge < -0.3 is 5.32 Å². The number of nitrogens with one attached hydrogen (secondary N) is 2. The molecule has 1 fully saturated rings. The number of carbonyl (C=O) groups is 1. The first-order valence-corrected chi connectivity index (χ1v) is 9.73. The van der Waals surface area contributed by atoms with Crippen LogP contribution in [0.5, 0.6) is 0 Å². The van der Waals surface area contributed by atoms with Gasteiger partial charge in [0.2, 0.25) is 0 Å². The summed E-state index contributed by atoms with van der Waals surface area (Å²) in [5, 5.41) is 2.89. The zero-order valence-corrected chi connectivity index (χ0v) is 14.7. The van der Waals surface area contributed by atoms with Crippen LogP contribution in [-0.2, 0) is 10.0 Å². The molecule has 0 spiro atoms. The highest BCUT2D eigenvalue weighted by molar-refractivity contribution is 7.92. The first-order valence-electron chi connectivity index (χ1n) is 8.24. The van der Waals surface area contributed by atoms with E-state index in [1.165, 1.54) is 12.1 Å². The van der Waals surface area contributed by atoms with Crippen molar-refractivity contribution in [3.05, 3.63) is 59.7 Å². The highest BCUT2D eigenvalue weighted by Crippen LogP contribution is 2.23. The van der Waals surface area contributed by atoms with Gasteiger partial charge in [0.25, 0.3) is 15.9 Å². The number of hydrogen-bond donors (Lipinski definition) is 2. The van der Waals surface area contributed by atoms with Crippen molar-refractivity contribution in [2.45, 2.75) is 36.6 Å². The summed E-state index contributed by atoms with van der Waals surface area (Å²) in [6.07, 6.45) is 3.90. The lowest BCUT2D eigenvalue weighted by atomic mass is 10.1. The Kier molecular flexibility index (Phi) is 5.22. The van der Waals surface area contributed by atoms with Crippen LogP contribution in [0.4, 0.5) is 14.5 Å². The minimum atomic E-state index is -4.17. The van der Waals surface area contributed by atoms with Crippen molar-refractivity contribution in [1.82, 2.24) is 5.32 Å². The van der Waals surface area contributed by atoms with Crippen LogP contribution in [0.25, 0.3) is 0 Å².